The first kappa shape index (κ1) is 9.80. The summed E-state index contributed by atoms with van der Waals surface area (Å²) in [7, 11) is 0. The van der Waals surface area contributed by atoms with Gasteiger partial charge in [-0.25, -0.2) is 4.98 Å². The SMILES string of the molecule is O=C(Cc1nccs1)C1(O)CCCC1. The molecule has 3 nitrogen and oxygen atoms in total. The van der Waals surface area contributed by atoms with Crippen molar-refractivity contribution in [2.24, 2.45) is 0 Å². The van der Waals surface area contributed by atoms with Crippen LogP contribution >= 0.6 is 11.3 Å². The van der Waals surface area contributed by atoms with E-state index in [1.807, 2.05) is 5.38 Å². The van der Waals surface area contributed by atoms with Crippen LogP contribution in [0.2, 0.25) is 0 Å². The van der Waals surface area contributed by atoms with Crippen molar-refractivity contribution in [3.8, 4) is 0 Å². The minimum Gasteiger partial charge on any atom is -0.382 e. The van der Waals surface area contributed by atoms with Crippen LogP contribution in [0.25, 0.3) is 0 Å². The monoisotopic (exact) mass is 211 g/mol. The number of hydrogen-bond acceptors (Lipinski definition) is 4. The molecule has 1 aromatic rings. The summed E-state index contributed by atoms with van der Waals surface area (Å²) < 4.78 is 0. The molecule has 1 heterocycles. The fourth-order valence-corrected chi connectivity index (χ4v) is 2.50. The van der Waals surface area contributed by atoms with Gasteiger partial charge in [-0.05, 0) is 25.7 Å². The van der Waals surface area contributed by atoms with Gasteiger partial charge in [-0.3, -0.25) is 4.79 Å². The molecule has 1 aliphatic rings. The molecule has 0 bridgehead atoms. The fraction of sp³-hybridized carbons (Fsp3) is 0.600. The van der Waals surface area contributed by atoms with Crippen molar-refractivity contribution in [2.45, 2.75) is 37.7 Å². The first-order chi connectivity index (χ1) is 6.71. The smallest absolute Gasteiger partial charge is 0.171 e. The van der Waals surface area contributed by atoms with Gasteiger partial charge in [0.25, 0.3) is 0 Å². The molecule has 0 spiro atoms. The number of ketones is 1. The second-order valence-electron chi connectivity index (χ2n) is 3.76. The summed E-state index contributed by atoms with van der Waals surface area (Å²) in [6.45, 7) is 0. The third-order valence-electron chi connectivity index (χ3n) is 2.74. The number of carbonyl (C=O) groups is 1. The average Bonchev–Trinajstić information content (AvgIpc) is 2.76. The Morgan fingerprint density at radius 3 is 2.86 bits per heavy atom. The van der Waals surface area contributed by atoms with Crippen molar-refractivity contribution in [1.29, 1.82) is 0 Å². The van der Waals surface area contributed by atoms with E-state index in [0.29, 0.717) is 12.8 Å². The summed E-state index contributed by atoms with van der Waals surface area (Å²) in [4.78, 5) is 15.8. The van der Waals surface area contributed by atoms with Crippen molar-refractivity contribution < 1.29 is 9.90 Å². The average molecular weight is 211 g/mol. The van der Waals surface area contributed by atoms with Crippen molar-refractivity contribution in [3.63, 3.8) is 0 Å². The first-order valence-corrected chi connectivity index (χ1v) is 5.73. The Bertz CT molecular complexity index is 315. The van der Waals surface area contributed by atoms with Crippen LogP contribution in [0.4, 0.5) is 0 Å². The Kier molecular flexibility index (Phi) is 2.65. The van der Waals surface area contributed by atoms with E-state index in [1.165, 1.54) is 11.3 Å². The van der Waals surface area contributed by atoms with Gasteiger partial charge < -0.3 is 5.11 Å². The number of thiazole rings is 1. The van der Waals surface area contributed by atoms with Gasteiger partial charge in [-0.1, -0.05) is 0 Å². The van der Waals surface area contributed by atoms with E-state index in [2.05, 4.69) is 4.98 Å². The number of hydrogen-bond donors (Lipinski definition) is 1. The lowest BCUT2D eigenvalue weighted by Gasteiger charge is -2.19. The normalized spacial score (nSPS) is 19.8. The molecule has 0 radical (unpaired) electrons. The zero-order valence-corrected chi connectivity index (χ0v) is 8.72. The lowest BCUT2D eigenvalue weighted by atomic mass is 9.95. The standard InChI is InChI=1S/C10H13NO2S/c12-8(7-9-11-5-6-14-9)10(13)3-1-2-4-10/h5-6,13H,1-4,7H2. The van der Waals surface area contributed by atoms with Crippen LogP contribution in [0.3, 0.4) is 0 Å². The van der Waals surface area contributed by atoms with Crippen LogP contribution in [-0.2, 0) is 11.2 Å². The Hall–Kier alpha value is -0.740. The van der Waals surface area contributed by atoms with Gasteiger partial charge in [0, 0.05) is 11.6 Å². The number of nitrogens with zero attached hydrogens (tertiary/aromatic N) is 1. The Morgan fingerprint density at radius 2 is 2.29 bits per heavy atom. The minimum absolute atomic E-state index is 0.0649. The molecule has 0 aromatic carbocycles. The Morgan fingerprint density at radius 1 is 1.57 bits per heavy atom. The van der Waals surface area contributed by atoms with Crippen LogP contribution in [0.15, 0.2) is 11.6 Å². The van der Waals surface area contributed by atoms with Gasteiger partial charge in [0.1, 0.15) is 5.60 Å². The number of aliphatic hydroxyl groups is 1. The summed E-state index contributed by atoms with van der Waals surface area (Å²) >= 11 is 1.47. The number of carbonyl (C=O) groups excluding carboxylic acids is 1. The van der Waals surface area contributed by atoms with Gasteiger partial charge >= 0.3 is 0 Å². The van der Waals surface area contributed by atoms with Crippen LogP contribution < -0.4 is 0 Å². The summed E-state index contributed by atoms with van der Waals surface area (Å²) in [5.74, 6) is -0.0649. The molecule has 0 saturated heterocycles. The van der Waals surface area contributed by atoms with Crippen molar-refractivity contribution in [1.82, 2.24) is 4.98 Å². The number of Topliss-reactive ketones (excluding diaryl/α,β-unsaturated/α-hetero) is 1. The predicted octanol–water partition coefficient (Wildman–Crippen LogP) is 1.56. The third kappa shape index (κ3) is 1.86. The second kappa shape index (κ2) is 3.79. The van der Waals surface area contributed by atoms with Crippen LogP contribution in [0.5, 0.6) is 0 Å². The zero-order chi connectivity index (χ0) is 10.0. The topological polar surface area (TPSA) is 50.2 Å². The second-order valence-corrected chi connectivity index (χ2v) is 4.74. The first-order valence-electron chi connectivity index (χ1n) is 4.85. The third-order valence-corrected chi connectivity index (χ3v) is 3.52. The quantitative estimate of drug-likeness (QED) is 0.825. The van der Waals surface area contributed by atoms with Gasteiger partial charge in [0.2, 0.25) is 0 Å². The van der Waals surface area contributed by atoms with E-state index < -0.39 is 5.60 Å². The molecule has 1 saturated carbocycles. The molecular weight excluding hydrogens is 198 g/mol. The van der Waals surface area contributed by atoms with Gasteiger partial charge in [0.15, 0.2) is 5.78 Å². The number of rotatable bonds is 3. The fourth-order valence-electron chi connectivity index (χ4n) is 1.88. The highest BCUT2D eigenvalue weighted by atomic mass is 32.1. The maximum absolute atomic E-state index is 11.8. The molecule has 1 N–H and O–H groups in total. The summed E-state index contributed by atoms with van der Waals surface area (Å²) in [5.41, 5.74) is -1.05. The van der Waals surface area contributed by atoms with Crippen LogP contribution in [0.1, 0.15) is 30.7 Å². The van der Waals surface area contributed by atoms with E-state index in [4.69, 9.17) is 0 Å². The molecule has 1 aromatic heterocycles. The Balaban J connectivity index is 2.02. The molecular formula is C10H13NO2S. The van der Waals surface area contributed by atoms with E-state index in [1.54, 1.807) is 6.20 Å². The summed E-state index contributed by atoms with van der Waals surface area (Å²) in [5, 5.41) is 12.6. The molecule has 0 unspecified atom stereocenters. The highest BCUT2D eigenvalue weighted by Gasteiger charge is 2.38. The predicted molar refractivity (Wildman–Crippen MR) is 54.2 cm³/mol. The van der Waals surface area contributed by atoms with Gasteiger partial charge in [-0.2, -0.15) is 0 Å². The molecule has 1 fully saturated rings. The van der Waals surface area contributed by atoms with E-state index in [-0.39, 0.29) is 12.2 Å². The molecule has 0 amide bonds. The molecule has 0 atom stereocenters. The molecule has 2 rings (SSSR count). The van der Waals surface area contributed by atoms with Gasteiger partial charge in [-0.15, -0.1) is 11.3 Å². The lowest BCUT2D eigenvalue weighted by Crippen LogP contribution is -2.36. The highest BCUT2D eigenvalue weighted by Crippen LogP contribution is 2.31. The number of aromatic nitrogens is 1. The van der Waals surface area contributed by atoms with Crippen molar-refractivity contribution >= 4 is 17.1 Å². The molecule has 4 heteroatoms. The Labute approximate surface area is 86.8 Å². The van der Waals surface area contributed by atoms with Crippen molar-refractivity contribution in [3.05, 3.63) is 16.6 Å². The summed E-state index contributed by atoms with van der Waals surface area (Å²) in [6.07, 6.45) is 5.13. The largest absolute Gasteiger partial charge is 0.382 e. The molecule has 0 aliphatic heterocycles. The lowest BCUT2D eigenvalue weighted by molar-refractivity contribution is -0.136. The van der Waals surface area contributed by atoms with Crippen LogP contribution in [0, 0.1) is 0 Å². The van der Waals surface area contributed by atoms with Crippen molar-refractivity contribution in [2.75, 3.05) is 0 Å². The van der Waals surface area contributed by atoms with E-state index >= 15 is 0 Å². The van der Waals surface area contributed by atoms with Gasteiger partial charge in [0.05, 0.1) is 11.4 Å². The highest BCUT2D eigenvalue weighted by molar-refractivity contribution is 7.09. The van der Waals surface area contributed by atoms with Crippen LogP contribution in [-0.4, -0.2) is 21.5 Å². The maximum atomic E-state index is 11.8. The molecule has 76 valence electrons. The molecule has 14 heavy (non-hydrogen) atoms. The zero-order valence-electron chi connectivity index (χ0n) is 7.90. The minimum atomic E-state index is -1.05. The maximum Gasteiger partial charge on any atom is 0.171 e. The summed E-state index contributed by atoms with van der Waals surface area (Å²) in [6, 6.07) is 0. The van der Waals surface area contributed by atoms with E-state index in [9.17, 15) is 9.90 Å². The van der Waals surface area contributed by atoms with E-state index in [0.717, 1.165) is 17.8 Å². The molecule has 1 aliphatic carbocycles.